The number of alkyl halides is 3. The summed E-state index contributed by atoms with van der Waals surface area (Å²) in [5.74, 6) is -0.509. The molecule has 2 aromatic carbocycles. The molecule has 1 amide bonds. The lowest BCUT2D eigenvalue weighted by Gasteiger charge is -2.29. The van der Waals surface area contributed by atoms with Gasteiger partial charge in [0.15, 0.2) is 0 Å². The molecule has 0 aliphatic rings. The van der Waals surface area contributed by atoms with Crippen molar-refractivity contribution in [2.24, 2.45) is 7.05 Å². The van der Waals surface area contributed by atoms with Gasteiger partial charge in [-0.05, 0) is 42.8 Å². The zero-order chi connectivity index (χ0) is 25.2. The molecule has 4 rings (SSSR count). The van der Waals surface area contributed by atoms with E-state index in [1.807, 2.05) is 31.2 Å². The second-order valence-electron chi connectivity index (χ2n) is 8.03. The fourth-order valence-corrected chi connectivity index (χ4v) is 3.63. The molecule has 0 saturated heterocycles. The Kier molecular flexibility index (Phi) is 6.44. The van der Waals surface area contributed by atoms with Gasteiger partial charge in [0, 0.05) is 49.1 Å². The maximum absolute atomic E-state index is 13.6. The topological polar surface area (TPSA) is 106 Å². The minimum atomic E-state index is -4.97. The maximum atomic E-state index is 13.6. The number of aromatic nitrogens is 4. The van der Waals surface area contributed by atoms with Crippen molar-refractivity contribution in [2.75, 3.05) is 6.54 Å². The Morgan fingerprint density at radius 2 is 1.77 bits per heavy atom. The van der Waals surface area contributed by atoms with Crippen LogP contribution in [0.15, 0.2) is 65.3 Å². The van der Waals surface area contributed by atoms with Crippen LogP contribution in [0.3, 0.4) is 0 Å². The molecule has 11 heteroatoms. The van der Waals surface area contributed by atoms with E-state index in [0.717, 1.165) is 15.7 Å². The van der Waals surface area contributed by atoms with Crippen LogP contribution in [0.25, 0.3) is 22.9 Å². The molecule has 8 nitrogen and oxygen atoms in total. The monoisotopic (exact) mass is 485 g/mol. The molecule has 2 heterocycles. The number of aliphatic hydroxyl groups is 1. The molecule has 0 aliphatic heterocycles. The van der Waals surface area contributed by atoms with Crippen molar-refractivity contribution in [3.05, 3.63) is 77.9 Å². The molecule has 0 saturated carbocycles. The van der Waals surface area contributed by atoms with E-state index in [9.17, 15) is 23.1 Å². The largest absolute Gasteiger partial charge is 0.424 e. The number of amides is 1. The Hall–Kier alpha value is -3.99. The second-order valence-corrected chi connectivity index (χ2v) is 8.03. The Bertz CT molecular complexity index is 1330. The number of imidazole rings is 1. The number of rotatable bonds is 7. The van der Waals surface area contributed by atoms with Gasteiger partial charge in [-0.1, -0.05) is 18.2 Å². The van der Waals surface area contributed by atoms with Gasteiger partial charge in [0.2, 0.25) is 17.4 Å². The third-order valence-electron chi connectivity index (χ3n) is 5.63. The number of carbonyl (C=O) groups excluding carboxylic acids is 1. The van der Waals surface area contributed by atoms with Gasteiger partial charge >= 0.3 is 6.18 Å². The molecule has 0 radical (unpaired) electrons. The van der Waals surface area contributed by atoms with Gasteiger partial charge in [0.25, 0.3) is 5.91 Å². The Morgan fingerprint density at radius 3 is 2.40 bits per heavy atom. The van der Waals surface area contributed by atoms with Gasteiger partial charge in [0.05, 0.1) is 0 Å². The van der Waals surface area contributed by atoms with Crippen molar-refractivity contribution in [3.63, 3.8) is 0 Å². The minimum absolute atomic E-state index is 0.222. The number of hydrogen-bond acceptors (Lipinski definition) is 6. The molecule has 2 aromatic heterocycles. The molecule has 0 aliphatic carbocycles. The maximum Gasteiger partial charge on any atom is 0.424 e. The highest BCUT2D eigenvalue weighted by atomic mass is 19.4. The van der Waals surface area contributed by atoms with Crippen molar-refractivity contribution in [1.82, 2.24) is 25.1 Å². The normalized spacial score (nSPS) is 13.4. The molecule has 0 unspecified atom stereocenters. The number of nitrogens with zero attached hydrogens (tertiary/aromatic N) is 4. The number of carbonyl (C=O) groups is 1. The van der Waals surface area contributed by atoms with E-state index >= 15 is 0 Å². The molecule has 2 N–H and O–H groups in total. The number of halogens is 3. The van der Waals surface area contributed by atoms with E-state index in [-0.39, 0.29) is 11.5 Å². The molecule has 35 heavy (non-hydrogen) atoms. The zero-order valence-corrected chi connectivity index (χ0v) is 18.9. The SMILES string of the molecule is Cc1ccccc1-c1nnc(-c2ccc(C(=O)NCC[C@@](O)(c3nccn3C)C(F)(F)F)cc2)o1. The highest BCUT2D eigenvalue weighted by molar-refractivity contribution is 5.94. The zero-order valence-electron chi connectivity index (χ0n) is 18.9. The summed E-state index contributed by atoms with van der Waals surface area (Å²) in [6.45, 7) is 1.51. The number of hydrogen-bond donors (Lipinski definition) is 2. The third kappa shape index (κ3) is 4.80. The Labute approximate surface area is 198 Å². The molecule has 1 atom stereocenters. The van der Waals surface area contributed by atoms with E-state index in [0.29, 0.717) is 11.5 Å². The fourth-order valence-electron chi connectivity index (χ4n) is 3.63. The van der Waals surface area contributed by atoms with Crippen molar-refractivity contribution in [1.29, 1.82) is 0 Å². The van der Waals surface area contributed by atoms with Gasteiger partial charge in [-0.3, -0.25) is 4.79 Å². The number of benzene rings is 2. The third-order valence-corrected chi connectivity index (χ3v) is 5.63. The molecule has 0 fully saturated rings. The van der Waals surface area contributed by atoms with Crippen LogP contribution >= 0.6 is 0 Å². The smallest absolute Gasteiger partial charge is 0.416 e. The van der Waals surface area contributed by atoms with Crippen molar-refractivity contribution >= 4 is 5.91 Å². The molecular formula is C24H22F3N5O3. The molecule has 4 aromatic rings. The number of nitrogens with one attached hydrogen (secondary N) is 1. The van der Waals surface area contributed by atoms with Crippen molar-refractivity contribution in [3.8, 4) is 22.9 Å². The van der Waals surface area contributed by atoms with Crippen LogP contribution in [0.2, 0.25) is 0 Å². The van der Waals surface area contributed by atoms with Crippen molar-refractivity contribution < 1.29 is 27.5 Å². The first-order chi connectivity index (χ1) is 16.6. The van der Waals surface area contributed by atoms with Crippen LogP contribution in [0.1, 0.15) is 28.2 Å². The van der Waals surface area contributed by atoms with Gasteiger partial charge in [0.1, 0.15) is 5.82 Å². The average Bonchev–Trinajstić information content (AvgIpc) is 3.48. The van der Waals surface area contributed by atoms with Gasteiger partial charge in [-0.15, -0.1) is 10.2 Å². The lowest BCUT2D eigenvalue weighted by Crippen LogP contribution is -2.46. The quantitative estimate of drug-likeness (QED) is 0.410. The first-order valence-electron chi connectivity index (χ1n) is 10.7. The molecule has 182 valence electrons. The summed E-state index contributed by atoms with van der Waals surface area (Å²) < 4.78 is 47.6. The Morgan fingerprint density at radius 1 is 1.09 bits per heavy atom. The summed E-state index contributed by atoms with van der Waals surface area (Å²) in [7, 11) is 1.35. The highest BCUT2D eigenvalue weighted by Crippen LogP contribution is 2.40. The Balaban J connectivity index is 1.42. The van der Waals surface area contributed by atoms with Crippen LogP contribution in [0, 0.1) is 6.92 Å². The summed E-state index contributed by atoms with van der Waals surface area (Å²) in [4.78, 5) is 16.1. The molecule has 0 bridgehead atoms. The summed E-state index contributed by atoms with van der Waals surface area (Å²) in [5.41, 5.74) is -0.605. The summed E-state index contributed by atoms with van der Waals surface area (Å²) in [6, 6.07) is 13.8. The first kappa shape index (κ1) is 24.1. The van der Waals surface area contributed by atoms with Crippen LogP contribution < -0.4 is 5.32 Å². The van der Waals surface area contributed by atoms with Gasteiger partial charge in [-0.25, -0.2) is 4.98 Å². The summed E-state index contributed by atoms with van der Waals surface area (Å²) >= 11 is 0. The minimum Gasteiger partial charge on any atom is -0.416 e. The summed E-state index contributed by atoms with van der Waals surface area (Å²) in [5, 5.41) is 20.9. The van der Waals surface area contributed by atoms with Crippen LogP contribution in [-0.4, -0.2) is 43.5 Å². The van der Waals surface area contributed by atoms with E-state index in [2.05, 4.69) is 20.5 Å². The average molecular weight is 485 g/mol. The highest BCUT2D eigenvalue weighted by Gasteiger charge is 2.57. The van der Waals surface area contributed by atoms with E-state index in [4.69, 9.17) is 4.42 Å². The van der Waals surface area contributed by atoms with E-state index in [1.165, 1.54) is 31.6 Å². The van der Waals surface area contributed by atoms with E-state index < -0.39 is 36.5 Å². The standard InChI is InChI=1S/C24H22F3N5O3/c1-15-5-3-4-6-18(15)21-31-30-20(35-21)17-9-7-16(8-10-17)19(33)28-12-11-23(34,24(25,26)27)22-29-13-14-32(22)2/h3-10,13-14,34H,11-12H2,1-2H3,(H,28,33)/t23-/m1/s1. The molecule has 0 spiro atoms. The lowest BCUT2D eigenvalue weighted by atomic mass is 9.97. The lowest BCUT2D eigenvalue weighted by molar-refractivity contribution is -0.272. The van der Waals surface area contributed by atoms with Gasteiger partial charge in [-0.2, -0.15) is 13.2 Å². The second kappa shape index (κ2) is 9.34. The van der Waals surface area contributed by atoms with Crippen LogP contribution in [-0.2, 0) is 12.6 Å². The summed E-state index contributed by atoms with van der Waals surface area (Å²) in [6.07, 6.45) is -3.30. The van der Waals surface area contributed by atoms with Crippen LogP contribution in [0.4, 0.5) is 13.2 Å². The van der Waals surface area contributed by atoms with Crippen LogP contribution in [0.5, 0.6) is 0 Å². The predicted molar refractivity (Wildman–Crippen MR) is 120 cm³/mol. The predicted octanol–water partition coefficient (Wildman–Crippen LogP) is 4.02. The fraction of sp³-hybridized carbons (Fsp3) is 0.250. The van der Waals surface area contributed by atoms with Crippen molar-refractivity contribution in [2.45, 2.75) is 25.1 Å². The van der Waals surface area contributed by atoms with E-state index in [1.54, 1.807) is 12.1 Å². The number of aryl methyl sites for hydroxylation is 2. The van der Waals surface area contributed by atoms with Gasteiger partial charge < -0.3 is 19.4 Å². The molecular weight excluding hydrogens is 463 g/mol. The first-order valence-corrected chi connectivity index (χ1v) is 10.7.